The van der Waals surface area contributed by atoms with Crippen LogP contribution in [0.15, 0.2) is 24.5 Å². The molecule has 0 spiro atoms. The van der Waals surface area contributed by atoms with Crippen molar-refractivity contribution in [3.63, 3.8) is 0 Å². The van der Waals surface area contributed by atoms with Gasteiger partial charge in [0.25, 0.3) is 0 Å². The van der Waals surface area contributed by atoms with Gasteiger partial charge in [0, 0.05) is 25.4 Å². The Kier molecular flexibility index (Phi) is 5.57. The largest absolute Gasteiger partial charge is 0.447 e. The van der Waals surface area contributed by atoms with Gasteiger partial charge in [0.15, 0.2) is 5.60 Å². The van der Waals surface area contributed by atoms with Crippen LogP contribution in [0.3, 0.4) is 0 Å². The zero-order valence-electron chi connectivity index (χ0n) is 13.6. The topological polar surface area (TPSA) is 42.4 Å². The molecule has 0 aromatic carbocycles. The van der Waals surface area contributed by atoms with Crippen molar-refractivity contribution in [2.24, 2.45) is 0 Å². The molecule has 118 valence electrons. The molecular formula is C18H24N2O2. The van der Waals surface area contributed by atoms with Gasteiger partial charge in [-0.05, 0) is 44.9 Å². The second-order valence-electron chi connectivity index (χ2n) is 6.17. The van der Waals surface area contributed by atoms with E-state index in [0.29, 0.717) is 12.6 Å². The fourth-order valence-electron chi connectivity index (χ4n) is 2.87. The predicted molar refractivity (Wildman–Crippen MR) is 86.0 cm³/mol. The molecule has 1 fully saturated rings. The number of piperidine rings is 1. The highest BCUT2D eigenvalue weighted by molar-refractivity contribution is 5.66. The molecule has 0 saturated carbocycles. The summed E-state index contributed by atoms with van der Waals surface area (Å²) >= 11 is 0. The summed E-state index contributed by atoms with van der Waals surface area (Å²) in [6.07, 6.45) is 7.33. The van der Waals surface area contributed by atoms with Gasteiger partial charge in [0.05, 0.1) is 6.54 Å². The Hall–Kier alpha value is -1.86. The number of aromatic nitrogens is 1. The summed E-state index contributed by atoms with van der Waals surface area (Å²) in [5.74, 6) is 5.94. The highest BCUT2D eigenvalue weighted by atomic mass is 16.6. The van der Waals surface area contributed by atoms with Gasteiger partial charge >= 0.3 is 5.97 Å². The molecule has 4 heteroatoms. The van der Waals surface area contributed by atoms with Gasteiger partial charge in [0.2, 0.25) is 0 Å². The van der Waals surface area contributed by atoms with E-state index in [2.05, 4.69) is 27.8 Å². The molecule has 2 heterocycles. The van der Waals surface area contributed by atoms with E-state index in [4.69, 9.17) is 4.74 Å². The number of esters is 1. The molecule has 1 aliphatic rings. The lowest BCUT2D eigenvalue weighted by Crippen LogP contribution is -2.34. The summed E-state index contributed by atoms with van der Waals surface area (Å²) in [7, 11) is 0. The number of rotatable bonds is 3. The SMILES string of the molecule is CC(=O)OC(C)(C)C#CCN1CCCC[C@H]1c1cccnc1. The van der Waals surface area contributed by atoms with Crippen LogP contribution in [0.5, 0.6) is 0 Å². The molecule has 0 bridgehead atoms. The van der Waals surface area contributed by atoms with Crippen LogP contribution in [0.2, 0.25) is 0 Å². The molecule has 4 nitrogen and oxygen atoms in total. The third kappa shape index (κ3) is 4.85. The molecule has 1 aliphatic heterocycles. The third-order valence-electron chi connectivity index (χ3n) is 3.75. The highest BCUT2D eigenvalue weighted by Gasteiger charge is 2.23. The quantitative estimate of drug-likeness (QED) is 0.636. The zero-order valence-corrected chi connectivity index (χ0v) is 13.6. The van der Waals surface area contributed by atoms with Crippen molar-refractivity contribution >= 4 is 5.97 Å². The van der Waals surface area contributed by atoms with Crippen LogP contribution in [0.25, 0.3) is 0 Å². The lowest BCUT2D eigenvalue weighted by Gasteiger charge is -2.34. The predicted octanol–water partition coefficient (Wildman–Crippen LogP) is 2.95. The van der Waals surface area contributed by atoms with Gasteiger partial charge in [-0.25, -0.2) is 0 Å². The van der Waals surface area contributed by atoms with Crippen molar-refractivity contribution in [1.29, 1.82) is 0 Å². The summed E-state index contributed by atoms with van der Waals surface area (Å²) in [5, 5.41) is 0. The first-order valence-electron chi connectivity index (χ1n) is 7.81. The minimum absolute atomic E-state index is 0.300. The van der Waals surface area contributed by atoms with E-state index in [-0.39, 0.29) is 5.97 Å². The normalized spacial score (nSPS) is 19.1. The molecule has 0 aliphatic carbocycles. The fourth-order valence-corrected chi connectivity index (χ4v) is 2.87. The molecule has 1 aromatic rings. The van der Waals surface area contributed by atoms with Crippen LogP contribution >= 0.6 is 0 Å². The summed E-state index contributed by atoms with van der Waals surface area (Å²) in [5.41, 5.74) is 0.522. The molecule has 1 saturated heterocycles. The van der Waals surface area contributed by atoms with E-state index in [1.165, 1.54) is 25.3 Å². The van der Waals surface area contributed by atoms with Crippen LogP contribution in [0, 0.1) is 11.8 Å². The number of carbonyl (C=O) groups is 1. The average molecular weight is 300 g/mol. The van der Waals surface area contributed by atoms with Gasteiger partial charge in [-0.1, -0.05) is 24.3 Å². The lowest BCUT2D eigenvalue weighted by molar-refractivity contribution is -0.148. The summed E-state index contributed by atoms with van der Waals surface area (Å²) in [4.78, 5) is 17.7. The maximum atomic E-state index is 11.1. The highest BCUT2D eigenvalue weighted by Crippen LogP contribution is 2.29. The van der Waals surface area contributed by atoms with Crippen LogP contribution in [-0.2, 0) is 9.53 Å². The second-order valence-corrected chi connectivity index (χ2v) is 6.17. The number of likely N-dealkylation sites (tertiary alicyclic amines) is 1. The Morgan fingerprint density at radius 3 is 3.00 bits per heavy atom. The molecule has 0 radical (unpaired) electrons. The maximum Gasteiger partial charge on any atom is 0.304 e. The average Bonchev–Trinajstić information content (AvgIpc) is 2.47. The van der Waals surface area contributed by atoms with Gasteiger partial charge < -0.3 is 4.74 Å². The third-order valence-corrected chi connectivity index (χ3v) is 3.75. The van der Waals surface area contributed by atoms with E-state index in [0.717, 1.165) is 13.0 Å². The number of nitrogens with zero attached hydrogens (tertiary/aromatic N) is 2. The Morgan fingerprint density at radius 1 is 1.50 bits per heavy atom. The molecule has 22 heavy (non-hydrogen) atoms. The first-order chi connectivity index (χ1) is 10.5. The summed E-state index contributed by atoms with van der Waals surface area (Å²) in [6.45, 7) is 6.77. The van der Waals surface area contributed by atoms with Crippen molar-refractivity contribution in [2.45, 2.75) is 51.7 Å². The van der Waals surface area contributed by atoms with Gasteiger partial charge in [0.1, 0.15) is 0 Å². The summed E-state index contributed by atoms with van der Waals surface area (Å²) < 4.78 is 5.20. The van der Waals surface area contributed by atoms with E-state index in [1.54, 1.807) is 6.20 Å². The van der Waals surface area contributed by atoms with E-state index < -0.39 is 5.60 Å². The minimum Gasteiger partial charge on any atom is -0.447 e. The Balaban J connectivity index is 2.03. The number of hydrogen-bond donors (Lipinski definition) is 0. The first-order valence-corrected chi connectivity index (χ1v) is 7.81. The van der Waals surface area contributed by atoms with Gasteiger partial charge in [-0.3, -0.25) is 14.7 Å². The second kappa shape index (κ2) is 7.42. The zero-order chi connectivity index (χ0) is 16.0. The van der Waals surface area contributed by atoms with Crippen LogP contribution in [0.1, 0.15) is 51.6 Å². The van der Waals surface area contributed by atoms with Gasteiger partial charge in [-0.2, -0.15) is 0 Å². The molecule has 0 unspecified atom stereocenters. The fraction of sp³-hybridized carbons (Fsp3) is 0.556. The van der Waals surface area contributed by atoms with Crippen molar-refractivity contribution in [3.05, 3.63) is 30.1 Å². The van der Waals surface area contributed by atoms with E-state index >= 15 is 0 Å². The first kappa shape index (κ1) is 16.5. The molecule has 2 rings (SSSR count). The Morgan fingerprint density at radius 2 is 2.32 bits per heavy atom. The van der Waals surface area contributed by atoms with E-state index in [1.807, 2.05) is 26.1 Å². The minimum atomic E-state index is -0.731. The Labute approximate surface area is 132 Å². The molecule has 1 aromatic heterocycles. The number of pyridine rings is 1. The molecule has 0 amide bonds. The van der Waals surface area contributed by atoms with Crippen molar-refractivity contribution in [2.75, 3.05) is 13.1 Å². The number of hydrogen-bond acceptors (Lipinski definition) is 4. The standard InChI is InChI=1S/C18H24N2O2/c1-15(21)22-18(2,3)10-7-13-20-12-5-4-9-17(20)16-8-6-11-19-14-16/h6,8,11,14,17H,4-5,9,12-13H2,1-3H3/t17-/m0/s1. The molecule has 1 atom stereocenters. The lowest BCUT2D eigenvalue weighted by atomic mass is 9.96. The van der Waals surface area contributed by atoms with Crippen molar-refractivity contribution in [1.82, 2.24) is 9.88 Å². The monoisotopic (exact) mass is 300 g/mol. The van der Waals surface area contributed by atoms with Crippen LogP contribution < -0.4 is 0 Å². The molecule has 0 N–H and O–H groups in total. The molecular weight excluding hydrogens is 276 g/mol. The van der Waals surface area contributed by atoms with Crippen LogP contribution in [-0.4, -0.2) is 34.5 Å². The van der Waals surface area contributed by atoms with E-state index in [9.17, 15) is 4.79 Å². The van der Waals surface area contributed by atoms with Crippen molar-refractivity contribution in [3.8, 4) is 11.8 Å². The smallest absolute Gasteiger partial charge is 0.304 e. The van der Waals surface area contributed by atoms with Crippen molar-refractivity contribution < 1.29 is 9.53 Å². The van der Waals surface area contributed by atoms with Crippen LogP contribution in [0.4, 0.5) is 0 Å². The number of ether oxygens (including phenoxy) is 1. The maximum absolute atomic E-state index is 11.1. The number of carbonyl (C=O) groups excluding carboxylic acids is 1. The van der Waals surface area contributed by atoms with Gasteiger partial charge in [-0.15, -0.1) is 0 Å². The summed E-state index contributed by atoms with van der Waals surface area (Å²) in [6, 6.07) is 4.50. The Bertz CT molecular complexity index is 557.